The van der Waals surface area contributed by atoms with Crippen LogP contribution in [0.4, 0.5) is 0 Å². The summed E-state index contributed by atoms with van der Waals surface area (Å²) in [5, 5.41) is 2.85. The molecule has 18 heavy (non-hydrogen) atoms. The highest BCUT2D eigenvalue weighted by atomic mass is 16.5. The Morgan fingerprint density at radius 3 is 2.67 bits per heavy atom. The summed E-state index contributed by atoms with van der Waals surface area (Å²) in [6, 6.07) is 10.1. The smallest absolute Gasteiger partial charge is 0.246 e. The number of methoxy groups -OCH3 is 1. The Kier molecular flexibility index (Phi) is 7.06. The van der Waals surface area contributed by atoms with Gasteiger partial charge in [-0.25, -0.2) is 0 Å². The molecule has 0 spiro atoms. The van der Waals surface area contributed by atoms with Crippen molar-refractivity contribution in [3.05, 3.63) is 35.9 Å². The molecule has 1 aromatic rings. The molecule has 1 rings (SSSR count). The average molecular weight is 251 g/mol. The molecule has 0 radical (unpaired) electrons. The second-order valence-electron chi connectivity index (χ2n) is 4.16. The van der Waals surface area contributed by atoms with E-state index in [1.807, 2.05) is 18.2 Å². The van der Waals surface area contributed by atoms with Gasteiger partial charge in [0.2, 0.25) is 5.91 Å². The van der Waals surface area contributed by atoms with Gasteiger partial charge >= 0.3 is 0 Å². The van der Waals surface area contributed by atoms with E-state index in [0.717, 1.165) is 0 Å². The fourth-order valence-electron chi connectivity index (χ4n) is 1.52. The molecule has 0 aromatic heterocycles. The van der Waals surface area contributed by atoms with Gasteiger partial charge in [0.05, 0.1) is 13.2 Å². The molecule has 0 heterocycles. The molecule has 4 nitrogen and oxygen atoms in total. The number of amides is 1. The first-order valence-electron chi connectivity index (χ1n) is 6.12. The summed E-state index contributed by atoms with van der Waals surface area (Å²) in [5.41, 5.74) is 1.22. The molecule has 0 fully saturated rings. The third-order valence-electron chi connectivity index (χ3n) is 2.64. The minimum atomic E-state index is -0.0890. The number of rotatable bonds is 8. The van der Waals surface area contributed by atoms with Crippen molar-refractivity contribution in [3.63, 3.8) is 0 Å². The molecule has 0 aliphatic heterocycles. The molecule has 0 aliphatic rings. The van der Waals surface area contributed by atoms with Gasteiger partial charge in [-0.2, -0.15) is 0 Å². The quantitative estimate of drug-likeness (QED) is 0.713. The third kappa shape index (κ3) is 5.80. The first kappa shape index (κ1) is 14.7. The summed E-state index contributed by atoms with van der Waals surface area (Å²) >= 11 is 0. The lowest BCUT2D eigenvalue weighted by atomic mass is 10.0. The second kappa shape index (κ2) is 8.66. The van der Waals surface area contributed by atoms with Crippen molar-refractivity contribution in [2.24, 2.45) is 0 Å². The maximum absolute atomic E-state index is 11.5. The van der Waals surface area contributed by atoms with Crippen LogP contribution >= 0.6 is 0 Å². The van der Waals surface area contributed by atoms with Crippen LogP contribution in [-0.2, 0) is 14.3 Å². The molecule has 1 unspecified atom stereocenters. The van der Waals surface area contributed by atoms with Crippen molar-refractivity contribution in [2.75, 3.05) is 33.5 Å². The second-order valence-corrected chi connectivity index (χ2v) is 4.16. The van der Waals surface area contributed by atoms with Gasteiger partial charge in [-0.05, 0) is 11.5 Å². The van der Waals surface area contributed by atoms with Crippen molar-refractivity contribution in [2.45, 2.75) is 12.8 Å². The topological polar surface area (TPSA) is 47.6 Å². The Labute approximate surface area is 108 Å². The van der Waals surface area contributed by atoms with Gasteiger partial charge in [0.25, 0.3) is 0 Å². The molecular weight excluding hydrogens is 230 g/mol. The van der Waals surface area contributed by atoms with Crippen molar-refractivity contribution >= 4 is 5.91 Å². The molecule has 1 atom stereocenters. The molecule has 0 saturated carbocycles. The minimum Gasteiger partial charge on any atom is -0.382 e. The predicted molar refractivity (Wildman–Crippen MR) is 70.6 cm³/mol. The Bertz CT molecular complexity index is 340. The zero-order valence-electron chi connectivity index (χ0n) is 11.0. The largest absolute Gasteiger partial charge is 0.382 e. The number of hydrogen-bond donors (Lipinski definition) is 1. The van der Waals surface area contributed by atoms with Gasteiger partial charge in [-0.3, -0.25) is 4.79 Å². The van der Waals surface area contributed by atoms with E-state index in [-0.39, 0.29) is 12.5 Å². The van der Waals surface area contributed by atoms with Crippen LogP contribution in [0.5, 0.6) is 0 Å². The first-order valence-corrected chi connectivity index (χ1v) is 6.12. The predicted octanol–water partition coefficient (Wildman–Crippen LogP) is 1.57. The third-order valence-corrected chi connectivity index (χ3v) is 2.64. The van der Waals surface area contributed by atoms with E-state index in [2.05, 4.69) is 24.4 Å². The fraction of sp³-hybridized carbons (Fsp3) is 0.500. The zero-order chi connectivity index (χ0) is 13.2. The fourth-order valence-corrected chi connectivity index (χ4v) is 1.52. The van der Waals surface area contributed by atoms with Crippen molar-refractivity contribution in [1.29, 1.82) is 0 Å². The molecule has 0 aliphatic carbocycles. The Balaban J connectivity index is 2.18. The number of carbonyl (C=O) groups excluding carboxylic acids is 1. The highest BCUT2D eigenvalue weighted by molar-refractivity contribution is 5.77. The standard InChI is InChI=1S/C14H21NO3/c1-12(13-6-4-3-5-7-13)10-15-14(16)11-18-9-8-17-2/h3-7,12H,8-11H2,1-2H3,(H,15,16). The van der Waals surface area contributed by atoms with E-state index in [1.54, 1.807) is 7.11 Å². The molecule has 1 N–H and O–H groups in total. The van der Waals surface area contributed by atoms with Crippen LogP contribution < -0.4 is 5.32 Å². The van der Waals surface area contributed by atoms with Crippen LogP contribution in [-0.4, -0.2) is 39.4 Å². The number of benzene rings is 1. The SMILES string of the molecule is COCCOCC(=O)NCC(C)c1ccccc1. The maximum atomic E-state index is 11.5. The zero-order valence-corrected chi connectivity index (χ0v) is 11.0. The maximum Gasteiger partial charge on any atom is 0.246 e. The molecule has 0 saturated heterocycles. The Morgan fingerprint density at radius 1 is 1.28 bits per heavy atom. The summed E-state index contributed by atoms with van der Waals surface area (Å²) in [7, 11) is 1.60. The number of ether oxygens (including phenoxy) is 2. The monoisotopic (exact) mass is 251 g/mol. The van der Waals surface area contributed by atoms with Gasteiger partial charge in [-0.1, -0.05) is 37.3 Å². The van der Waals surface area contributed by atoms with Gasteiger partial charge < -0.3 is 14.8 Å². The molecule has 0 bridgehead atoms. The lowest BCUT2D eigenvalue weighted by Crippen LogP contribution is -2.31. The van der Waals surface area contributed by atoms with E-state index in [9.17, 15) is 4.79 Å². The lowest BCUT2D eigenvalue weighted by Gasteiger charge is -2.13. The van der Waals surface area contributed by atoms with Crippen LogP contribution in [0.15, 0.2) is 30.3 Å². The van der Waals surface area contributed by atoms with Gasteiger partial charge in [-0.15, -0.1) is 0 Å². The van der Waals surface area contributed by atoms with Crippen LogP contribution in [0.2, 0.25) is 0 Å². The van der Waals surface area contributed by atoms with Gasteiger partial charge in [0.1, 0.15) is 6.61 Å². The molecule has 100 valence electrons. The molecule has 1 aromatic carbocycles. The first-order chi connectivity index (χ1) is 8.74. The summed E-state index contributed by atoms with van der Waals surface area (Å²) < 4.78 is 9.96. The molecule has 4 heteroatoms. The highest BCUT2D eigenvalue weighted by Crippen LogP contribution is 2.12. The summed E-state index contributed by atoms with van der Waals surface area (Å²) in [4.78, 5) is 11.5. The van der Waals surface area contributed by atoms with Crippen molar-refractivity contribution < 1.29 is 14.3 Å². The van der Waals surface area contributed by atoms with Gasteiger partial charge in [0, 0.05) is 13.7 Å². The van der Waals surface area contributed by atoms with E-state index >= 15 is 0 Å². The van der Waals surface area contributed by atoms with Crippen LogP contribution in [0, 0.1) is 0 Å². The Hall–Kier alpha value is -1.39. The van der Waals surface area contributed by atoms with Crippen LogP contribution in [0.3, 0.4) is 0 Å². The van der Waals surface area contributed by atoms with E-state index in [0.29, 0.717) is 25.7 Å². The normalized spacial score (nSPS) is 12.1. The van der Waals surface area contributed by atoms with Crippen LogP contribution in [0.1, 0.15) is 18.4 Å². The number of carbonyl (C=O) groups is 1. The highest BCUT2D eigenvalue weighted by Gasteiger charge is 2.07. The van der Waals surface area contributed by atoms with Crippen molar-refractivity contribution in [3.8, 4) is 0 Å². The summed E-state index contributed by atoms with van der Waals surface area (Å²) in [6.45, 7) is 3.74. The van der Waals surface area contributed by atoms with E-state index < -0.39 is 0 Å². The Morgan fingerprint density at radius 2 is 2.00 bits per heavy atom. The number of nitrogens with one attached hydrogen (secondary N) is 1. The van der Waals surface area contributed by atoms with E-state index in [4.69, 9.17) is 9.47 Å². The molecule has 1 amide bonds. The average Bonchev–Trinajstić information content (AvgIpc) is 2.42. The lowest BCUT2D eigenvalue weighted by molar-refractivity contribution is -0.126. The summed E-state index contributed by atoms with van der Waals surface area (Å²) in [5.74, 6) is 0.211. The minimum absolute atomic E-state index is 0.0882. The summed E-state index contributed by atoms with van der Waals surface area (Å²) in [6.07, 6.45) is 0. The van der Waals surface area contributed by atoms with Crippen LogP contribution in [0.25, 0.3) is 0 Å². The van der Waals surface area contributed by atoms with Crippen molar-refractivity contribution in [1.82, 2.24) is 5.32 Å². The van der Waals surface area contributed by atoms with Gasteiger partial charge in [0.15, 0.2) is 0 Å². The molecular formula is C14H21NO3. The van der Waals surface area contributed by atoms with E-state index in [1.165, 1.54) is 5.56 Å². The number of hydrogen-bond acceptors (Lipinski definition) is 3.